The molecule has 0 aromatic carbocycles. The first-order valence-electron chi connectivity index (χ1n) is 13.7. The molecule has 2 N–H and O–H groups in total. The molecule has 4 fully saturated rings. The summed E-state index contributed by atoms with van der Waals surface area (Å²) in [6, 6.07) is 0. The van der Waals surface area contributed by atoms with Gasteiger partial charge in [-0.1, -0.05) is 47.1 Å². The highest BCUT2D eigenvalue weighted by atomic mass is 16.4. The first-order valence-corrected chi connectivity index (χ1v) is 13.7. The van der Waals surface area contributed by atoms with Gasteiger partial charge in [0, 0.05) is 5.92 Å². The van der Waals surface area contributed by atoms with Gasteiger partial charge >= 0.3 is 5.97 Å². The van der Waals surface area contributed by atoms with Gasteiger partial charge in [0.1, 0.15) is 0 Å². The summed E-state index contributed by atoms with van der Waals surface area (Å²) in [6.45, 7) is 15.8. The largest absolute Gasteiger partial charge is 0.481 e. The Balaban J connectivity index is 1.62. The molecule has 5 rings (SSSR count). The van der Waals surface area contributed by atoms with E-state index in [1.54, 1.807) is 0 Å². The minimum Gasteiger partial charge on any atom is -0.481 e. The number of rotatable bonds is 1. The number of aliphatic hydroxyl groups is 1. The Hall–Kier alpha value is -1.16. The molecule has 0 unspecified atom stereocenters. The van der Waals surface area contributed by atoms with Crippen molar-refractivity contribution in [2.45, 2.75) is 112 Å². The molecule has 4 nitrogen and oxygen atoms in total. The van der Waals surface area contributed by atoms with Crippen LogP contribution in [-0.4, -0.2) is 28.1 Å². The van der Waals surface area contributed by atoms with Gasteiger partial charge in [-0.2, -0.15) is 0 Å². The average Bonchev–Trinajstić information content (AvgIpc) is 2.73. The fourth-order valence-corrected chi connectivity index (χ4v) is 10.4. The zero-order valence-corrected chi connectivity index (χ0v) is 22.5. The lowest BCUT2D eigenvalue weighted by Crippen LogP contribution is -2.66. The maximum Gasteiger partial charge on any atom is 0.309 e. The van der Waals surface area contributed by atoms with Crippen molar-refractivity contribution in [3.8, 4) is 0 Å². The minimum absolute atomic E-state index is 0.0296. The van der Waals surface area contributed by atoms with Crippen molar-refractivity contribution in [2.75, 3.05) is 0 Å². The number of carbonyl (C=O) groups is 2. The van der Waals surface area contributed by atoms with Gasteiger partial charge in [-0.3, -0.25) is 9.59 Å². The van der Waals surface area contributed by atoms with Crippen LogP contribution in [0, 0.1) is 50.2 Å². The van der Waals surface area contributed by atoms with Crippen LogP contribution in [0.15, 0.2) is 11.6 Å². The van der Waals surface area contributed by atoms with Gasteiger partial charge in [0.05, 0.1) is 11.5 Å². The third-order valence-corrected chi connectivity index (χ3v) is 13.1. The zero-order valence-electron chi connectivity index (χ0n) is 22.5. The first kappa shape index (κ1) is 24.5. The molecule has 0 amide bonds. The van der Waals surface area contributed by atoms with Crippen molar-refractivity contribution in [1.29, 1.82) is 0 Å². The minimum atomic E-state index is -0.711. The average molecular weight is 471 g/mol. The number of fused-ring (bicyclic) bond motifs is 7. The smallest absolute Gasteiger partial charge is 0.309 e. The molecule has 0 heterocycles. The molecule has 0 radical (unpaired) electrons. The fraction of sp³-hybridized carbons (Fsp3) is 0.867. The number of carboxylic acids is 1. The molecule has 5 aliphatic rings. The molecule has 0 aromatic heterocycles. The molecule has 34 heavy (non-hydrogen) atoms. The Morgan fingerprint density at radius 3 is 2.21 bits per heavy atom. The van der Waals surface area contributed by atoms with Crippen LogP contribution in [-0.2, 0) is 9.59 Å². The molecule has 0 aromatic rings. The highest BCUT2D eigenvalue weighted by molar-refractivity contribution is 5.95. The molecular formula is C30H46O4. The normalized spacial score (nSPS) is 54.1. The lowest BCUT2D eigenvalue weighted by Gasteiger charge is -2.70. The second-order valence-electron chi connectivity index (χ2n) is 14.9. The second kappa shape index (κ2) is 6.99. The number of aliphatic hydroxyl groups excluding tert-OH is 1. The number of carbonyl (C=O) groups excluding carboxylic acids is 1. The predicted molar refractivity (Wildman–Crippen MR) is 133 cm³/mol. The number of aliphatic carboxylic acids is 1. The van der Waals surface area contributed by atoms with Crippen molar-refractivity contribution in [3.63, 3.8) is 0 Å². The number of hydrogen-bond donors (Lipinski definition) is 2. The van der Waals surface area contributed by atoms with Crippen molar-refractivity contribution in [3.05, 3.63) is 11.6 Å². The van der Waals surface area contributed by atoms with E-state index in [4.69, 9.17) is 0 Å². The van der Waals surface area contributed by atoms with E-state index in [0.29, 0.717) is 12.3 Å². The van der Waals surface area contributed by atoms with E-state index in [1.807, 2.05) is 13.0 Å². The molecule has 4 heteroatoms. The van der Waals surface area contributed by atoms with Gasteiger partial charge in [0.15, 0.2) is 5.78 Å². The molecule has 0 saturated heterocycles. The summed E-state index contributed by atoms with van der Waals surface area (Å²) >= 11 is 0. The van der Waals surface area contributed by atoms with E-state index in [0.717, 1.165) is 51.4 Å². The molecule has 4 saturated carbocycles. The van der Waals surface area contributed by atoms with E-state index in [-0.39, 0.29) is 50.8 Å². The molecular weight excluding hydrogens is 424 g/mol. The van der Waals surface area contributed by atoms with Crippen LogP contribution in [0.4, 0.5) is 0 Å². The summed E-state index contributed by atoms with van der Waals surface area (Å²) in [5.74, 6) is 0.0603. The van der Waals surface area contributed by atoms with E-state index in [1.165, 1.54) is 5.57 Å². The predicted octanol–water partition coefficient (Wildman–Crippen LogP) is 6.41. The van der Waals surface area contributed by atoms with Crippen LogP contribution >= 0.6 is 0 Å². The molecule has 5 aliphatic carbocycles. The van der Waals surface area contributed by atoms with Crippen molar-refractivity contribution >= 4 is 11.8 Å². The Kier molecular flexibility index (Phi) is 5.04. The summed E-state index contributed by atoms with van der Waals surface area (Å²) in [7, 11) is 0. The van der Waals surface area contributed by atoms with Gasteiger partial charge in [-0.25, -0.2) is 0 Å². The summed E-state index contributed by atoms with van der Waals surface area (Å²) in [5, 5.41) is 20.9. The van der Waals surface area contributed by atoms with E-state index < -0.39 is 11.4 Å². The third kappa shape index (κ3) is 2.81. The summed E-state index contributed by atoms with van der Waals surface area (Å²) in [5.41, 5.74) is 0.142. The second-order valence-corrected chi connectivity index (χ2v) is 14.9. The van der Waals surface area contributed by atoms with E-state index in [9.17, 15) is 19.8 Å². The number of allylic oxidation sites excluding steroid dienone is 2. The maximum absolute atomic E-state index is 14.2. The van der Waals surface area contributed by atoms with E-state index in [2.05, 4.69) is 41.5 Å². The molecule has 9 atom stereocenters. The van der Waals surface area contributed by atoms with Crippen molar-refractivity contribution in [1.82, 2.24) is 0 Å². The standard InChI is InChI=1S/C30H46O4/c1-25(2)21-8-11-30(7)23(28(21,5)10-9-22(25)32)20(31)16-18-19-17-27(4,24(33)34)13-12-26(19,3)14-15-29(18,30)6/h16,19,21-23,32H,8-15,17H2,1-7H3,(H,33,34)/t19-,21-,22-,23+,26-,27+,28+,29-,30-/m1/s1. The highest BCUT2D eigenvalue weighted by Crippen LogP contribution is 2.75. The molecule has 0 bridgehead atoms. The van der Waals surface area contributed by atoms with Crippen LogP contribution in [0.3, 0.4) is 0 Å². The van der Waals surface area contributed by atoms with Crippen LogP contribution in [0.5, 0.6) is 0 Å². The van der Waals surface area contributed by atoms with E-state index >= 15 is 0 Å². The lowest BCUT2D eigenvalue weighted by molar-refractivity contribution is -0.202. The summed E-state index contributed by atoms with van der Waals surface area (Å²) < 4.78 is 0. The maximum atomic E-state index is 14.2. The monoisotopic (exact) mass is 470 g/mol. The Labute approximate surface area is 206 Å². The Morgan fingerprint density at radius 1 is 0.912 bits per heavy atom. The summed E-state index contributed by atoms with van der Waals surface area (Å²) in [4.78, 5) is 26.4. The number of ketones is 1. The van der Waals surface area contributed by atoms with Crippen LogP contribution < -0.4 is 0 Å². The van der Waals surface area contributed by atoms with Crippen molar-refractivity contribution < 1.29 is 19.8 Å². The third-order valence-electron chi connectivity index (χ3n) is 13.1. The van der Waals surface area contributed by atoms with Crippen molar-refractivity contribution in [2.24, 2.45) is 50.2 Å². The van der Waals surface area contributed by atoms with Crippen LogP contribution in [0.25, 0.3) is 0 Å². The topological polar surface area (TPSA) is 74.6 Å². The molecule has 0 aliphatic heterocycles. The Morgan fingerprint density at radius 2 is 1.56 bits per heavy atom. The Bertz CT molecular complexity index is 965. The fourth-order valence-electron chi connectivity index (χ4n) is 10.4. The molecule has 190 valence electrons. The van der Waals surface area contributed by atoms with Crippen LogP contribution in [0.2, 0.25) is 0 Å². The number of carboxylic acid groups (broad SMARTS) is 1. The molecule has 0 spiro atoms. The lowest BCUT2D eigenvalue weighted by atomic mass is 9.33. The van der Waals surface area contributed by atoms with Gasteiger partial charge in [-0.05, 0) is 110 Å². The van der Waals surface area contributed by atoms with Gasteiger partial charge in [0.2, 0.25) is 0 Å². The van der Waals surface area contributed by atoms with Gasteiger partial charge in [-0.15, -0.1) is 0 Å². The zero-order chi connectivity index (χ0) is 25.1. The van der Waals surface area contributed by atoms with Crippen LogP contribution in [0.1, 0.15) is 106 Å². The number of hydrogen-bond acceptors (Lipinski definition) is 3. The van der Waals surface area contributed by atoms with Gasteiger partial charge < -0.3 is 10.2 Å². The first-order chi connectivity index (χ1) is 15.6. The quantitative estimate of drug-likeness (QED) is 0.464. The SMILES string of the molecule is CC1(C)[C@H](O)CC[C@@]2(C)[C@@H]1CC[C@]1(C)[C@H]2C(=O)C=C2[C@H]3C[C@@](C)(C(=O)O)CC[C@]3(C)CC[C@]21C. The summed E-state index contributed by atoms with van der Waals surface area (Å²) in [6.07, 6.45) is 9.95. The highest BCUT2D eigenvalue weighted by Gasteiger charge is 2.70. The van der Waals surface area contributed by atoms with Gasteiger partial charge in [0.25, 0.3) is 0 Å².